The predicted molar refractivity (Wildman–Crippen MR) is 166 cm³/mol. The maximum Gasteiger partial charge on any atom is 0.260 e. The minimum absolute atomic E-state index is 0.0954. The quantitative estimate of drug-likeness (QED) is 0.147. The zero-order chi connectivity index (χ0) is 26.5. The number of nitrogens with one attached hydrogen (secondary N) is 2. The van der Waals surface area contributed by atoms with Crippen molar-refractivity contribution in [3.63, 3.8) is 0 Å². The maximum absolute atomic E-state index is 12.7. The Labute approximate surface area is 241 Å². The molecule has 0 bridgehead atoms. The summed E-state index contributed by atoms with van der Waals surface area (Å²) < 4.78 is 13.2. The van der Waals surface area contributed by atoms with Crippen LogP contribution in [-0.2, 0) is 17.8 Å². The van der Waals surface area contributed by atoms with Gasteiger partial charge in [0.15, 0.2) is 17.0 Å². The van der Waals surface area contributed by atoms with Gasteiger partial charge in [0, 0.05) is 5.69 Å². The lowest BCUT2D eigenvalue weighted by Crippen LogP contribution is -2.30. The lowest BCUT2D eigenvalue weighted by Gasteiger charge is -2.16. The van der Waals surface area contributed by atoms with Gasteiger partial charge in [-0.3, -0.25) is 4.79 Å². The molecule has 38 heavy (non-hydrogen) atoms. The third kappa shape index (κ3) is 6.10. The van der Waals surface area contributed by atoms with E-state index in [0.717, 1.165) is 26.8 Å². The first kappa shape index (κ1) is 26.4. The van der Waals surface area contributed by atoms with Gasteiger partial charge in [0.1, 0.15) is 6.61 Å². The molecule has 1 heterocycles. The minimum atomic E-state index is -0.227. The van der Waals surface area contributed by atoms with Gasteiger partial charge in [-0.15, -0.1) is 0 Å². The Hall–Kier alpha value is -3.17. The molecule has 1 aliphatic heterocycles. The average Bonchev–Trinajstić information content (AvgIpc) is 3.26. The van der Waals surface area contributed by atoms with Crippen molar-refractivity contribution in [2.75, 3.05) is 11.9 Å². The lowest BCUT2D eigenvalue weighted by molar-refractivity contribution is -0.116. The zero-order valence-corrected chi connectivity index (χ0v) is 24.3. The number of carbonyl (C=O) groups excluding carboxylic acids is 1. The average molecular weight is 637 g/mol. The third-order valence-electron chi connectivity index (χ3n) is 6.27. The van der Waals surface area contributed by atoms with Gasteiger partial charge in [0.05, 0.1) is 15.1 Å². The molecule has 5 rings (SSSR count). The summed E-state index contributed by atoms with van der Waals surface area (Å²) in [4.78, 5) is 13.4. The van der Waals surface area contributed by atoms with Gasteiger partial charge in [-0.25, -0.2) is 0 Å². The number of hydrogen-bond donors (Lipinski definition) is 2. The van der Waals surface area contributed by atoms with Crippen LogP contribution in [0.15, 0.2) is 83.8 Å². The summed E-state index contributed by atoms with van der Waals surface area (Å²) in [5.41, 5.74) is 4.04. The smallest absolute Gasteiger partial charge is 0.260 e. The number of amides is 1. The Morgan fingerprint density at radius 2 is 1.79 bits per heavy atom. The minimum Gasteiger partial charge on any atom is -0.490 e. The Kier molecular flexibility index (Phi) is 8.44. The van der Waals surface area contributed by atoms with E-state index in [1.54, 1.807) is 0 Å². The number of fused-ring (bicyclic) bond motifs is 1. The molecule has 0 spiro atoms. The first-order chi connectivity index (χ1) is 18.5. The van der Waals surface area contributed by atoms with Crippen molar-refractivity contribution in [1.82, 2.24) is 5.32 Å². The number of halogens is 1. The van der Waals surface area contributed by atoms with Gasteiger partial charge >= 0.3 is 0 Å². The van der Waals surface area contributed by atoms with Gasteiger partial charge < -0.3 is 20.1 Å². The Balaban J connectivity index is 1.33. The van der Waals surface area contributed by atoms with Crippen molar-refractivity contribution in [2.24, 2.45) is 0 Å². The highest BCUT2D eigenvalue weighted by molar-refractivity contribution is 14.1. The maximum atomic E-state index is 12.7. The summed E-state index contributed by atoms with van der Waals surface area (Å²) in [5.74, 6) is 1.28. The summed E-state index contributed by atoms with van der Waals surface area (Å²) in [6.45, 7) is 5.03. The molecule has 0 aliphatic carbocycles. The van der Waals surface area contributed by atoms with Crippen LogP contribution < -0.4 is 20.1 Å². The molecule has 0 aromatic heterocycles. The largest absolute Gasteiger partial charge is 0.490 e. The molecule has 1 fully saturated rings. The molecule has 1 amide bonds. The monoisotopic (exact) mass is 636 g/mol. The fourth-order valence-corrected chi connectivity index (χ4v) is 6.11. The van der Waals surface area contributed by atoms with Gasteiger partial charge in [-0.05, 0) is 93.7 Å². The normalized spacial score (nSPS) is 16.0. The van der Waals surface area contributed by atoms with E-state index in [0.29, 0.717) is 29.6 Å². The molecule has 5 nitrogen and oxygen atoms in total. The van der Waals surface area contributed by atoms with Gasteiger partial charge in [0.25, 0.3) is 5.91 Å². The highest BCUT2D eigenvalue weighted by Crippen LogP contribution is 2.37. The Morgan fingerprint density at radius 3 is 2.58 bits per heavy atom. The Bertz CT molecular complexity index is 1480. The summed E-state index contributed by atoms with van der Waals surface area (Å²) in [7, 11) is 0. The molecule has 194 valence electrons. The number of carbonyl (C=O) groups is 1. The van der Waals surface area contributed by atoms with Crippen molar-refractivity contribution >= 4 is 62.8 Å². The van der Waals surface area contributed by atoms with Crippen molar-refractivity contribution in [3.05, 3.63) is 104 Å². The van der Waals surface area contributed by atoms with Gasteiger partial charge in [-0.1, -0.05) is 73.3 Å². The number of anilines is 1. The van der Waals surface area contributed by atoms with Crippen LogP contribution in [-0.4, -0.2) is 18.0 Å². The number of aryl methyl sites for hydroxylation is 1. The second kappa shape index (κ2) is 12.1. The van der Waals surface area contributed by atoms with E-state index in [1.165, 1.54) is 28.1 Å². The Morgan fingerprint density at radius 1 is 1.00 bits per heavy atom. The molecular weight excluding hydrogens is 607 g/mol. The lowest BCUT2D eigenvalue weighted by atomic mass is 10.1. The van der Waals surface area contributed by atoms with E-state index in [-0.39, 0.29) is 11.4 Å². The third-order valence-corrected chi connectivity index (χ3v) is 8.10. The van der Waals surface area contributed by atoms with Gasteiger partial charge in [-0.2, -0.15) is 0 Å². The SMILES string of the molecule is CCOc1cc(/C=C2\S[C@@H](Nc3ccc(CC)cc3)NC2=O)cc(I)c1OCc1cccc2ccccc12. The molecule has 7 heteroatoms. The summed E-state index contributed by atoms with van der Waals surface area (Å²) in [5, 5.41) is 8.75. The van der Waals surface area contributed by atoms with E-state index >= 15 is 0 Å². The highest BCUT2D eigenvalue weighted by atomic mass is 127. The molecule has 0 unspecified atom stereocenters. The van der Waals surface area contributed by atoms with Crippen molar-refractivity contribution in [3.8, 4) is 11.5 Å². The van der Waals surface area contributed by atoms with Crippen LogP contribution in [0.2, 0.25) is 0 Å². The van der Waals surface area contributed by atoms with E-state index in [2.05, 4.69) is 82.6 Å². The molecule has 0 radical (unpaired) electrons. The summed E-state index contributed by atoms with van der Waals surface area (Å²) in [6.07, 6.45) is 2.90. The van der Waals surface area contributed by atoms with E-state index in [9.17, 15) is 4.79 Å². The van der Waals surface area contributed by atoms with Crippen LogP contribution in [0.3, 0.4) is 0 Å². The fourth-order valence-electron chi connectivity index (χ4n) is 4.35. The molecular formula is C31H29IN2O3S. The fraction of sp³-hybridized carbons (Fsp3) is 0.194. The molecule has 4 aromatic carbocycles. The summed E-state index contributed by atoms with van der Waals surface area (Å²) >= 11 is 3.75. The second-order valence-corrected chi connectivity index (χ2v) is 11.2. The van der Waals surface area contributed by atoms with E-state index in [4.69, 9.17) is 9.47 Å². The van der Waals surface area contributed by atoms with Crippen LogP contribution in [0, 0.1) is 3.57 Å². The number of rotatable bonds is 9. The standard InChI is InChI=1S/C31H29IN2O3S/c1-3-20-12-14-24(15-13-20)33-31-34-30(35)28(38-31)18-21-16-26(32)29(27(17-21)36-4-2)37-19-23-10-7-9-22-8-5-6-11-25(22)23/h5-18,31,33H,3-4,19H2,1-2H3,(H,34,35)/b28-18-/t31-/m0/s1. The highest BCUT2D eigenvalue weighted by Gasteiger charge is 2.27. The zero-order valence-electron chi connectivity index (χ0n) is 21.3. The first-order valence-electron chi connectivity index (χ1n) is 12.6. The first-order valence-corrected chi connectivity index (χ1v) is 14.6. The number of thioether (sulfide) groups is 1. The molecule has 1 saturated heterocycles. The van der Waals surface area contributed by atoms with Crippen LogP contribution in [0.5, 0.6) is 11.5 Å². The van der Waals surface area contributed by atoms with Crippen LogP contribution in [0.4, 0.5) is 5.69 Å². The number of benzene rings is 4. The van der Waals surface area contributed by atoms with Crippen LogP contribution >= 0.6 is 34.4 Å². The molecule has 1 atom stereocenters. The predicted octanol–water partition coefficient (Wildman–Crippen LogP) is 7.58. The number of hydrogen-bond acceptors (Lipinski definition) is 5. The van der Waals surface area contributed by atoms with Crippen molar-refractivity contribution < 1.29 is 14.3 Å². The van der Waals surface area contributed by atoms with Crippen molar-refractivity contribution in [2.45, 2.75) is 32.4 Å². The van der Waals surface area contributed by atoms with Crippen LogP contribution in [0.25, 0.3) is 16.8 Å². The molecule has 4 aromatic rings. The summed E-state index contributed by atoms with van der Waals surface area (Å²) in [6, 6.07) is 26.8. The molecule has 2 N–H and O–H groups in total. The topological polar surface area (TPSA) is 59.6 Å². The van der Waals surface area contributed by atoms with Gasteiger partial charge in [0.2, 0.25) is 0 Å². The molecule has 0 saturated carbocycles. The van der Waals surface area contributed by atoms with E-state index < -0.39 is 0 Å². The number of ether oxygens (including phenoxy) is 2. The second-order valence-electron chi connectivity index (χ2n) is 8.86. The molecule has 1 aliphatic rings. The van der Waals surface area contributed by atoms with Crippen molar-refractivity contribution in [1.29, 1.82) is 0 Å². The van der Waals surface area contributed by atoms with E-state index in [1.807, 2.05) is 49.4 Å². The van der Waals surface area contributed by atoms with Crippen LogP contribution in [0.1, 0.15) is 30.5 Å².